The number of aryl methyl sites for hydroxylation is 1. The van der Waals surface area contributed by atoms with Crippen LogP contribution in [0.25, 0.3) is 0 Å². The van der Waals surface area contributed by atoms with E-state index in [0.717, 1.165) is 38.5 Å². The molecule has 4 rings (SSSR count). The van der Waals surface area contributed by atoms with E-state index in [-0.39, 0.29) is 37.2 Å². The van der Waals surface area contributed by atoms with Crippen molar-refractivity contribution in [1.82, 2.24) is 15.5 Å². The van der Waals surface area contributed by atoms with Crippen molar-refractivity contribution in [3.05, 3.63) is 29.9 Å². The summed E-state index contributed by atoms with van der Waals surface area (Å²) in [4.78, 5) is 40.2. The molecule has 0 bridgehead atoms. The number of fused-ring (bicyclic) bond motifs is 1. The lowest BCUT2D eigenvalue weighted by molar-refractivity contribution is -0.121. The fourth-order valence-corrected chi connectivity index (χ4v) is 4.23. The van der Waals surface area contributed by atoms with Crippen LogP contribution in [0.2, 0.25) is 0 Å². The summed E-state index contributed by atoms with van der Waals surface area (Å²) in [5, 5.41) is 12.7. The van der Waals surface area contributed by atoms with Gasteiger partial charge in [0.15, 0.2) is 12.4 Å². The maximum absolute atomic E-state index is 12.4. The summed E-state index contributed by atoms with van der Waals surface area (Å²) in [5.41, 5.74) is 0.461. The normalized spacial score (nSPS) is 17.3. The number of nitrogens with one attached hydrogen (secondary N) is 3. The first-order chi connectivity index (χ1) is 15.4. The van der Waals surface area contributed by atoms with E-state index in [1.54, 1.807) is 18.2 Å². The summed E-state index contributed by atoms with van der Waals surface area (Å²) >= 11 is 0. The van der Waals surface area contributed by atoms with E-state index in [1.807, 2.05) is 0 Å². The van der Waals surface area contributed by atoms with Gasteiger partial charge in [-0.1, -0.05) is 30.8 Å². The van der Waals surface area contributed by atoms with E-state index in [9.17, 15) is 14.4 Å². The van der Waals surface area contributed by atoms with Crippen LogP contribution in [0.4, 0.5) is 11.4 Å². The number of aromatic nitrogens is 2. The van der Waals surface area contributed by atoms with Gasteiger partial charge in [0.05, 0.1) is 5.69 Å². The van der Waals surface area contributed by atoms with E-state index < -0.39 is 5.54 Å². The van der Waals surface area contributed by atoms with E-state index in [0.29, 0.717) is 28.8 Å². The lowest BCUT2D eigenvalue weighted by Crippen LogP contribution is -2.45. The fourth-order valence-electron chi connectivity index (χ4n) is 4.23. The molecule has 1 fully saturated rings. The Morgan fingerprint density at radius 1 is 1.19 bits per heavy atom. The summed E-state index contributed by atoms with van der Waals surface area (Å²) in [7, 11) is 0. The van der Waals surface area contributed by atoms with Gasteiger partial charge in [0.2, 0.25) is 17.7 Å². The van der Waals surface area contributed by atoms with Crippen molar-refractivity contribution in [2.24, 2.45) is 0 Å². The Labute approximate surface area is 185 Å². The molecular weight excluding hydrogens is 414 g/mol. The first-order valence-electron chi connectivity index (χ1n) is 10.9. The van der Waals surface area contributed by atoms with Crippen molar-refractivity contribution >= 4 is 29.1 Å². The van der Waals surface area contributed by atoms with Gasteiger partial charge >= 0.3 is 0 Å². The fraction of sp³-hybridized carbons (Fsp3) is 0.500. The largest absolute Gasteiger partial charge is 0.482 e. The van der Waals surface area contributed by atoms with E-state index in [1.165, 1.54) is 6.92 Å². The zero-order valence-electron chi connectivity index (χ0n) is 18.0. The number of nitrogens with zero attached hydrogens (tertiary/aromatic N) is 2. The highest BCUT2D eigenvalue weighted by Crippen LogP contribution is 2.35. The van der Waals surface area contributed by atoms with E-state index >= 15 is 0 Å². The molecule has 0 atom stereocenters. The monoisotopic (exact) mass is 441 g/mol. The van der Waals surface area contributed by atoms with E-state index in [4.69, 9.17) is 9.26 Å². The lowest BCUT2D eigenvalue weighted by atomic mass is 9.89. The number of ether oxygens (including phenoxy) is 1. The Balaban J connectivity index is 1.37. The molecule has 2 heterocycles. The summed E-state index contributed by atoms with van der Waals surface area (Å²) < 4.78 is 10.7. The van der Waals surface area contributed by atoms with Crippen LogP contribution in [-0.2, 0) is 26.3 Å². The van der Waals surface area contributed by atoms with Crippen LogP contribution in [0.15, 0.2) is 22.7 Å². The molecule has 2 aliphatic rings. The van der Waals surface area contributed by atoms with Crippen LogP contribution in [0, 0.1) is 0 Å². The van der Waals surface area contributed by atoms with Gasteiger partial charge in [0.1, 0.15) is 11.3 Å². The molecule has 1 saturated carbocycles. The Morgan fingerprint density at radius 3 is 2.72 bits per heavy atom. The maximum Gasteiger partial charge on any atom is 0.262 e. The summed E-state index contributed by atoms with van der Waals surface area (Å²) in [5.74, 6) is 0.820. The molecule has 1 aliphatic heterocycles. The van der Waals surface area contributed by atoms with Gasteiger partial charge in [-0.3, -0.25) is 14.4 Å². The van der Waals surface area contributed by atoms with Crippen LogP contribution < -0.4 is 20.7 Å². The highest BCUT2D eigenvalue weighted by Gasteiger charge is 2.38. The van der Waals surface area contributed by atoms with Gasteiger partial charge in [-0.05, 0) is 31.0 Å². The number of hydrogen-bond acceptors (Lipinski definition) is 7. The molecule has 32 heavy (non-hydrogen) atoms. The molecule has 10 nitrogen and oxygen atoms in total. The summed E-state index contributed by atoms with van der Waals surface area (Å²) in [6.45, 7) is 1.48. The minimum Gasteiger partial charge on any atom is -0.482 e. The number of amides is 3. The standard InChI is InChI=1S/C22H27N5O5/c1-14(28)26-22(10-4-2-3-5-11-22)21-25-20(32-27-21)9-8-18(29)23-15-6-7-17-16(12-15)24-19(30)13-31-17/h6-7,12H,2-5,8-11,13H2,1H3,(H,23,29)(H,24,30)(H,26,28). The average molecular weight is 441 g/mol. The molecular formula is C22H27N5O5. The van der Waals surface area contributed by atoms with Crippen molar-refractivity contribution in [2.45, 2.75) is 63.8 Å². The predicted octanol–water partition coefficient (Wildman–Crippen LogP) is 2.66. The number of carbonyl (C=O) groups is 3. The van der Waals surface area contributed by atoms with Crippen LogP contribution in [0.3, 0.4) is 0 Å². The SMILES string of the molecule is CC(=O)NC1(c2noc(CCC(=O)Nc3ccc4c(c3)NC(=O)CO4)n2)CCCCCC1. The number of rotatable bonds is 6. The van der Waals surface area contributed by atoms with Gasteiger partial charge in [-0.25, -0.2) is 0 Å². The summed E-state index contributed by atoms with van der Waals surface area (Å²) in [6.07, 6.45) is 6.16. The van der Waals surface area contributed by atoms with Crippen LogP contribution in [0.1, 0.15) is 63.6 Å². The topological polar surface area (TPSA) is 135 Å². The number of carbonyl (C=O) groups excluding carboxylic acids is 3. The number of hydrogen-bond donors (Lipinski definition) is 3. The van der Waals surface area contributed by atoms with Crippen molar-refractivity contribution in [2.75, 3.05) is 17.2 Å². The molecule has 0 radical (unpaired) electrons. The molecule has 170 valence electrons. The molecule has 0 unspecified atom stereocenters. The molecule has 1 aromatic carbocycles. The average Bonchev–Trinajstić information content (AvgIpc) is 3.12. The van der Waals surface area contributed by atoms with E-state index in [2.05, 4.69) is 26.1 Å². The third kappa shape index (κ3) is 5.06. The van der Waals surface area contributed by atoms with Crippen LogP contribution in [0.5, 0.6) is 5.75 Å². The van der Waals surface area contributed by atoms with Gasteiger partial charge < -0.3 is 25.2 Å². The Morgan fingerprint density at radius 2 is 1.97 bits per heavy atom. The third-order valence-electron chi connectivity index (χ3n) is 5.73. The van der Waals surface area contributed by atoms with Crippen molar-refractivity contribution in [1.29, 1.82) is 0 Å². The smallest absolute Gasteiger partial charge is 0.262 e. The van der Waals surface area contributed by atoms with Crippen molar-refractivity contribution in [3.63, 3.8) is 0 Å². The first-order valence-corrected chi connectivity index (χ1v) is 10.9. The molecule has 3 amide bonds. The summed E-state index contributed by atoms with van der Waals surface area (Å²) in [6, 6.07) is 5.06. The second-order valence-corrected chi connectivity index (χ2v) is 8.29. The zero-order valence-corrected chi connectivity index (χ0v) is 18.0. The minimum absolute atomic E-state index is 0.0197. The predicted molar refractivity (Wildman–Crippen MR) is 115 cm³/mol. The van der Waals surface area contributed by atoms with Gasteiger partial charge in [0.25, 0.3) is 5.91 Å². The number of benzene rings is 1. The Bertz CT molecular complexity index is 1010. The second-order valence-electron chi connectivity index (χ2n) is 8.29. The molecule has 0 saturated heterocycles. The van der Waals surface area contributed by atoms with Crippen molar-refractivity contribution < 1.29 is 23.6 Å². The van der Waals surface area contributed by atoms with Crippen LogP contribution >= 0.6 is 0 Å². The second kappa shape index (κ2) is 9.37. The molecule has 10 heteroatoms. The molecule has 0 spiro atoms. The minimum atomic E-state index is -0.609. The highest BCUT2D eigenvalue weighted by molar-refractivity contribution is 5.97. The Kier molecular flexibility index (Phi) is 6.38. The molecule has 1 aliphatic carbocycles. The lowest BCUT2D eigenvalue weighted by Gasteiger charge is -2.30. The molecule has 1 aromatic heterocycles. The van der Waals surface area contributed by atoms with Crippen molar-refractivity contribution in [3.8, 4) is 5.75 Å². The third-order valence-corrected chi connectivity index (χ3v) is 5.73. The van der Waals surface area contributed by atoms with Gasteiger partial charge in [-0.2, -0.15) is 4.98 Å². The van der Waals surface area contributed by atoms with Gasteiger partial charge in [0, 0.05) is 25.5 Å². The van der Waals surface area contributed by atoms with Gasteiger partial charge in [-0.15, -0.1) is 0 Å². The quantitative estimate of drug-likeness (QED) is 0.586. The highest BCUT2D eigenvalue weighted by atomic mass is 16.5. The maximum atomic E-state index is 12.4. The first kappa shape index (κ1) is 21.8. The van der Waals surface area contributed by atoms with Crippen LogP contribution in [-0.4, -0.2) is 34.5 Å². The molecule has 2 aromatic rings. The Hall–Kier alpha value is -3.43. The zero-order chi connectivity index (χ0) is 22.6. The number of anilines is 2. The molecule has 3 N–H and O–H groups in total.